The van der Waals surface area contributed by atoms with Gasteiger partial charge in [-0.15, -0.1) is 0 Å². The molecule has 120 valence electrons. The molecule has 1 aromatic rings. The fraction of sp³-hybridized carbons (Fsp3) is 0.684. The van der Waals surface area contributed by atoms with E-state index in [0.717, 1.165) is 25.3 Å². The lowest BCUT2D eigenvalue weighted by Gasteiger charge is -2.24. The van der Waals surface area contributed by atoms with Gasteiger partial charge in [-0.3, -0.25) is 0 Å². The standard InChI is InChI=1S/C19H32FN/c1-4-7-8-16(6-3)14-19(21-13-5-2)15-17-9-11-18(20)12-10-17/h9-12,16,19,21H,4-8,13-15H2,1-3H3. The highest BCUT2D eigenvalue weighted by atomic mass is 19.1. The second-order valence-electron chi connectivity index (χ2n) is 6.13. The predicted molar refractivity (Wildman–Crippen MR) is 90.1 cm³/mol. The van der Waals surface area contributed by atoms with Gasteiger partial charge in [0.05, 0.1) is 0 Å². The smallest absolute Gasteiger partial charge is 0.123 e. The van der Waals surface area contributed by atoms with E-state index in [2.05, 4.69) is 26.1 Å². The molecule has 0 saturated heterocycles. The predicted octanol–water partition coefficient (Wildman–Crippen LogP) is 5.34. The highest BCUT2D eigenvalue weighted by molar-refractivity contribution is 5.17. The first-order valence-electron chi connectivity index (χ1n) is 8.67. The van der Waals surface area contributed by atoms with Crippen LogP contribution in [0.2, 0.25) is 0 Å². The van der Waals surface area contributed by atoms with Gasteiger partial charge in [0.2, 0.25) is 0 Å². The van der Waals surface area contributed by atoms with Crippen LogP contribution in [0.4, 0.5) is 4.39 Å². The highest BCUT2D eigenvalue weighted by Crippen LogP contribution is 2.20. The highest BCUT2D eigenvalue weighted by Gasteiger charge is 2.15. The number of hydrogen-bond acceptors (Lipinski definition) is 1. The molecule has 0 aliphatic heterocycles. The molecule has 0 aliphatic carbocycles. The Labute approximate surface area is 130 Å². The number of halogens is 1. The molecule has 0 amide bonds. The van der Waals surface area contributed by atoms with Crippen LogP contribution in [0.3, 0.4) is 0 Å². The van der Waals surface area contributed by atoms with Crippen molar-refractivity contribution in [2.24, 2.45) is 5.92 Å². The van der Waals surface area contributed by atoms with Crippen molar-refractivity contribution in [3.63, 3.8) is 0 Å². The molecule has 0 spiro atoms. The fourth-order valence-electron chi connectivity index (χ4n) is 2.88. The SMILES string of the molecule is CCCCC(CC)CC(Cc1ccc(F)cc1)NCCC. The molecule has 0 saturated carbocycles. The maximum Gasteiger partial charge on any atom is 0.123 e. The third-order valence-electron chi connectivity index (χ3n) is 4.24. The summed E-state index contributed by atoms with van der Waals surface area (Å²) in [7, 11) is 0. The first kappa shape index (κ1) is 18.2. The van der Waals surface area contributed by atoms with Crippen LogP contribution in [0.5, 0.6) is 0 Å². The Balaban J connectivity index is 2.58. The Morgan fingerprint density at radius 2 is 1.76 bits per heavy atom. The molecule has 2 unspecified atom stereocenters. The van der Waals surface area contributed by atoms with E-state index in [-0.39, 0.29) is 5.82 Å². The normalized spacial score (nSPS) is 14.1. The third-order valence-corrected chi connectivity index (χ3v) is 4.24. The van der Waals surface area contributed by atoms with Crippen LogP contribution in [-0.4, -0.2) is 12.6 Å². The summed E-state index contributed by atoms with van der Waals surface area (Å²) in [5.41, 5.74) is 1.23. The van der Waals surface area contributed by atoms with Crippen LogP contribution in [0, 0.1) is 11.7 Å². The second kappa shape index (κ2) is 10.8. The summed E-state index contributed by atoms with van der Waals surface area (Å²) in [5.74, 6) is 0.658. The van der Waals surface area contributed by atoms with Crippen LogP contribution in [-0.2, 0) is 6.42 Å². The molecule has 0 bridgehead atoms. The number of benzene rings is 1. The Morgan fingerprint density at radius 3 is 2.33 bits per heavy atom. The van der Waals surface area contributed by atoms with Crippen molar-refractivity contribution in [2.75, 3.05) is 6.54 Å². The second-order valence-corrected chi connectivity index (χ2v) is 6.13. The molecule has 1 rings (SSSR count). The minimum absolute atomic E-state index is 0.147. The molecular weight excluding hydrogens is 261 g/mol. The molecule has 2 atom stereocenters. The lowest BCUT2D eigenvalue weighted by atomic mass is 9.89. The fourth-order valence-corrected chi connectivity index (χ4v) is 2.88. The molecule has 0 radical (unpaired) electrons. The van der Waals surface area contributed by atoms with Gasteiger partial charge in [0.25, 0.3) is 0 Å². The molecule has 1 aromatic carbocycles. The van der Waals surface area contributed by atoms with Gasteiger partial charge in [-0.2, -0.15) is 0 Å². The molecule has 0 fully saturated rings. The molecule has 1 nitrogen and oxygen atoms in total. The Morgan fingerprint density at radius 1 is 1.05 bits per heavy atom. The van der Waals surface area contributed by atoms with E-state index in [0.29, 0.717) is 6.04 Å². The summed E-state index contributed by atoms with van der Waals surface area (Å²) >= 11 is 0. The topological polar surface area (TPSA) is 12.0 Å². The Kier molecular flexibility index (Phi) is 9.32. The van der Waals surface area contributed by atoms with Gasteiger partial charge in [0, 0.05) is 6.04 Å². The monoisotopic (exact) mass is 293 g/mol. The van der Waals surface area contributed by atoms with Crippen molar-refractivity contribution in [2.45, 2.75) is 71.8 Å². The van der Waals surface area contributed by atoms with Crippen molar-refractivity contribution in [3.05, 3.63) is 35.6 Å². The molecule has 0 aliphatic rings. The summed E-state index contributed by atoms with van der Waals surface area (Å²) in [4.78, 5) is 0. The van der Waals surface area contributed by atoms with E-state index in [1.54, 1.807) is 12.1 Å². The maximum atomic E-state index is 13.0. The van der Waals surface area contributed by atoms with Gasteiger partial charge in [0.1, 0.15) is 5.82 Å². The van der Waals surface area contributed by atoms with E-state index >= 15 is 0 Å². The molecule has 0 aromatic heterocycles. The molecule has 21 heavy (non-hydrogen) atoms. The van der Waals surface area contributed by atoms with Crippen molar-refractivity contribution in [3.8, 4) is 0 Å². The zero-order valence-corrected chi connectivity index (χ0v) is 14.0. The van der Waals surface area contributed by atoms with Crippen LogP contribution >= 0.6 is 0 Å². The number of hydrogen-bond donors (Lipinski definition) is 1. The maximum absolute atomic E-state index is 13.0. The van der Waals surface area contributed by atoms with Crippen molar-refractivity contribution in [1.29, 1.82) is 0 Å². The van der Waals surface area contributed by atoms with E-state index in [4.69, 9.17) is 0 Å². The quantitative estimate of drug-likeness (QED) is 0.580. The number of rotatable bonds is 11. The summed E-state index contributed by atoms with van der Waals surface area (Å²) in [6, 6.07) is 7.49. The van der Waals surface area contributed by atoms with E-state index in [1.807, 2.05) is 12.1 Å². The minimum Gasteiger partial charge on any atom is -0.314 e. The van der Waals surface area contributed by atoms with E-state index < -0.39 is 0 Å². The lowest BCUT2D eigenvalue weighted by molar-refractivity contribution is 0.347. The van der Waals surface area contributed by atoms with Crippen LogP contribution in [0.15, 0.2) is 24.3 Å². The molecule has 2 heteroatoms. The largest absolute Gasteiger partial charge is 0.314 e. The van der Waals surface area contributed by atoms with Crippen LogP contribution in [0.25, 0.3) is 0 Å². The summed E-state index contributed by atoms with van der Waals surface area (Å²) in [5, 5.41) is 3.68. The zero-order chi connectivity index (χ0) is 15.5. The number of unbranched alkanes of at least 4 members (excludes halogenated alkanes) is 1. The number of nitrogens with one attached hydrogen (secondary N) is 1. The van der Waals surface area contributed by atoms with E-state index in [9.17, 15) is 4.39 Å². The van der Waals surface area contributed by atoms with Gasteiger partial charge in [0.15, 0.2) is 0 Å². The van der Waals surface area contributed by atoms with Crippen LogP contribution in [0.1, 0.15) is 64.9 Å². The first-order valence-corrected chi connectivity index (χ1v) is 8.67. The van der Waals surface area contributed by atoms with Crippen molar-refractivity contribution >= 4 is 0 Å². The summed E-state index contributed by atoms with van der Waals surface area (Å²) in [6.07, 6.45) is 8.59. The minimum atomic E-state index is -0.147. The van der Waals surface area contributed by atoms with Crippen molar-refractivity contribution < 1.29 is 4.39 Å². The molecular formula is C19H32FN. The average Bonchev–Trinajstić information content (AvgIpc) is 2.50. The average molecular weight is 293 g/mol. The zero-order valence-electron chi connectivity index (χ0n) is 14.0. The van der Waals surface area contributed by atoms with Gasteiger partial charge < -0.3 is 5.32 Å². The third kappa shape index (κ3) is 7.61. The van der Waals surface area contributed by atoms with Gasteiger partial charge in [-0.05, 0) is 49.4 Å². The Bertz CT molecular complexity index is 360. The van der Waals surface area contributed by atoms with Crippen LogP contribution < -0.4 is 5.32 Å². The van der Waals surface area contributed by atoms with Crippen molar-refractivity contribution in [1.82, 2.24) is 5.32 Å². The van der Waals surface area contributed by atoms with Gasteiger partial charge in [-0.25, -0.2) is 4.39 Å². The van der Waals surface area contributed by atoms with Gasteiger partial charge >= 0.3 is 0 Å². The summed E-state index contributed by atoms with van der Waals surface area (Å²) in [6.45, 7) is 7.83. The van der Waals surface area contributed by atoms with Gasteiger partial charge in [-0.1, -0.05) is 58.6 Å². The first-order chi connectivity index (χ1) is 10.2. The molecule has 1 N–H and O–H groups in total. The Hall–Kier alpha value is -0.890. The molecule has 0 heterocycles. The van der Waals surface area contributed by atoms with E-state index in [1.165, 1.54) is 37.7 Å². The lowest BCUT2D eigenvalue weighted by Crippen LogP contribution is -2.33. The summed E-state index contributed by atoms with van der Waals surface area (Å²) < 4.78 is 13.0.